The highest BCUT2D eigenvalue weighted by Crippen LogP contribution is 2.42. The molecule has 1 fully saturated rings. The Kier molecular flexibility index (Phi) is 8.60. The Morgan fingerprint density at radius 1 is 1.13 bits per heavy atom. The maximum atomic E-state index is 13.5. The minimum absolute atomic E-state index is 0.0238. The standard InChI is InChI=1S/C30H38N4O5/c1-7-8-17-39-22-13-12-21(18-23(22)38-6)26-24(28(36)30(37)34(26)16-10-14-32(4)5)27(35)25-20(3)33-15-9-11-19(2)29(33)31-25/h9,11-13,15,18,26,35H,7-8,10,14,16-17H2,1-6H3/b27-24+. The zero-order valence-corrected chi connectivity index (χ0v) is 23.7. The molecule has 1 aliphatic rings. The molecule has 9 heteroatoms. The average Bonchev–Trinajstić information content (AvgIpc) is 3.38. The summed E-state index contributed by atoms with van der Waals surface area (Å²) in [5.74, 6) is -0.554. The normalized spacial score (nSPS) is 17.0. The lowest BCUT2D eigenvalue weighted by atomic mass is 9.96. The number of aryl methyl sites for hydroxylation is 2. The number of imidazole rings is 1. The van der Waals surface area contributed by atoms with Gasteiger partial charge in [-0.15, -0.1) is 0 Å². The Balaban J connectivity index is 1.85. The van der Waals surface area contributed by atoms with Crippen molar-refractivity contribution in [1.29, 1.82) is 0 Å². The van der Waals surface area contributed by atoms with Gasteiger partial charge in [-0.25, -0.2) is 4.98 Å². The number of carbonyl (C=O) groups excluding carboxylic acids is 2. The summed E-state index contributed by atoms with van der Waals surface area (Å²) in [6.45, 7) is 7.52. The van der Waals surface area contributed by atoms with Gasteiger partial charge in [0.1, 0.15) is 11.3 Å². The van der Waals surface area contributed by atoms with Crippen LogP contribution in [0, 0.1) is 13.8 Å². The molecule has 208 valence electrons. The number of hydrogen-bond donors (Lipinski definition) is 1. The Morgan fingerprint density at radius 2 is 1.90 bits per heavy atom. The molecule has 0 saturated carbocycles. The number of benzene rings is 1. The number of aliphatic hydroxyl groups excluding tert-OH is 1. The maximum Gasteiger partial charge on any atom is 0.295 e. The van der Waals surface area contributed by atoms with E-state index in [0.29, 0.717) is 48.0 Å². The number of ketones is 1. The molecule has 0 spiro atoms. The lowest BCUT2D eigenvalue weighted by Gasteiger charge is -2.26. The van der Waals surface area contributed by atoms with Gasteiger partial charge in [0.05, 0.1) is 31.0 Å². The number of likely N-dealkylation sites (tertiary alicyclic amines) is 1. The fraction of sp³-hybridized carbons (Fsp3) is 0.433. The molecule has 1 N–H and O–H groups in total. The molecule has 0 aliphatic carbocycles. The highest BCUT2D eigenvalue weighted by Gasteiger charge is 2.46. The molecular weight excluding hydrogens is 496 g/mol. The van der Waals surface area contributed by atoms with Gasteiger partial charge in [0.25, 0.3) is 11.7 Å². The van der Waals surface area contributed by atoms with Crippen LogP contribution in [0.3, 0.4) is 0 Å². The second-order valence-corrected chi connectivity index (χ2v) is 10.2. The van der Waals surface area contributed by atoms with E-state index in [1.165, 1.54) is 0 Å². The molecule has 1 atom stereocenters. The summed E-state index contributed by atoms with van der Waals surface area (Å²) in [6, 6.07) is 8.45. The first-order valence-electron chi connectivity index (χ1n) is 13.4. The van der Waals surface area contributed by atoms with Gasteiger partial charge < -0.3 is 28.8 Å². The Hall–Kier alpha value is -3.85. The number of aliphatic hydroxyl groups is 1. The van der Waals surface area contributed by atoms with E-state index in [1.54, 1.807) is 24.1 Å². The van der Waals surface area contributed by atoms with Crippen molar-refractivity contribution in [1.82, 2.24) is 19.2 Å². The predicted octanol–water partition coefficient (Wildman–Crippen LogP) is 4.51. The Labute approximate surface area is 229 Å². The summed E-state index contributed by atoms with van der Waals surface area (Å²) in [5.41, 5.74) is 3.26. The van der Waals surface area contributed by atoms with Crippen molar-refractivity contribution in [3.05, 3.63) is 64.6 Å². The van der Waals surface area contributed by atoms with Crippen LogP contribution >= 0.6 is 0 Å². The number of unbranched alkanes of at least 4 members (excludes halogenated alkanes) is 1. The molecule has 1 saturated heterocycles. The van der Waals surface area contributed by atoms with Gasteiger partial charge in [0, 0.05) is 12.7 Å². The molecule has 39 heavy (non-hydrogen) atoms. The lowest BCUT2D eigenvalue weighted by molar-refractivity contribution is -0.139. The van der Waals surface area contributed by atoms with Gasteiger partial charge in [-0.05, 0) is 76.7 Å². The number of amides is 1. The number of pyridine rings is 1. The SMILES string of the molecule is CCCCOc1ccc(C2/C(=C(\O)c3nc4c(C)cccn4c3C)C(=O)C(=O)N2CCCN(C)C)cc1OC. The van der Waals surface area contributed by atoms with Crippen molar-refractivity contribution in [2.75, 3.05) is 40.9 Å². The minimum Gasteiger partial charge on any atom is -0.505 e. The summed E-state index contributed by atoms with van der Waals surface area (Å²) in [6.07, 6.45) is 4.44. The highest BCUT2D eigenvalue weighted by atomic mass is 16.5. The first-order chi connectivity index (χ1) is 18.7. The van der Waals surface area contributed by atoms with Crippen molar-refractivity contribution in [2.24, 2.45) is 0 Å². The van der Waals surface area contributed by atoms with Gasteiger partial charge in [0.15, 0.2) is 17.3 Å². The van der Waals surface area contributed by atoms with E-state index in [4.69, 9.17) is 9.47 Å². The molecule has 1 amide bonds. The number of aromatic nitrogens is 2. The zero-order valence-electron chi connectivity index (χ0n) is 23.7. The monoisotopic (exact) mass is 534 g/mol. The third-order valence-electron chi connectivity index (χ3n) is 7.11. The maximum absolute atomic E-state index is 13.5. The lowest BCUT2D eigenvalue weighted by Crippen LogP contribution is -2.32. The molecule has 0 radical (unpaired) electrons. The Morgan fingerprint density at radius 3 is 2.56 bits per heavy atom. The summed E-state index contributed by atoms with van der Waals surface area (Å²) in [7, 11) is 5.48. The van der Waals surface area contributed by atoms with Crippen LogP contribution in [0.1, 0.15) is 54.7 Å². The van der Waals surface area contributed by atoms with Crippen LogP contribution < -0.4 is 9.47 Å². The van der Waals surface area contributed by atoms with Crippen molar-refractivity contribution < 1.29 is 24.2 Å². The van der Waals surface area contributed by atoms with Gasteiger partial charge in [-0.3, -0.25) is 9.59 Å². The van der Waals surface area contributed by atoms with Crippen LogP contribution in [0.2, 0.25) is 0 Å². The number of ether oxygens (including phenoxy) is 2. The number of hydrogen-bond acceptors (Lipinski definition) is 7. The number of rotatable bonds is 11. The van der Waals surface area contributed by atoms with E-state index in [-0.39, 0.29) is 17.0 Å². The second kappa shape index (κ2) is 11.9. The molecule has 1 aliphatic heterocycles. The predicted molar refractivity (Wildman–Crippen MR) is 150 cm³/mol. The molecular formula is C30H38N4O5. The van der Waals surface area contributed by atoms with E-state index in [2.05, 4.69) is 11.9 Å². The van der Waals surface area contributed by atoms with Crippen molar-refractivity contribution >= 4 is 23.1 Å². The molecule has 3 aromatic rings. The van der Waals surface area contributed by atoms with Gasteiger partial charge in [-0.1, -0.05) is 25.5 Å². The van der Waals surface area contributed by atoms with Crippen molar-refractivity contribution in [3.63, 3.8) is 0 Å². The van der Waals surface area contributed by atoms with Gasteiger partial charge >= 0.3 is 0 Å². The van der Waals surface area contributed by atoms with E-state index >= 15 is 0 Å². The van der Waals surface area contributed by atoms with Crippen molar-refractivity contribution in [2.45, 2.75) is 46.1 Å². The highest BCUT2D eigenvalue weighted by molar-refractivity contribution is 6.46. The third-order valence-corrected chi connectivity index (χ3v) is 7.11. The van der Waals surface area contributed by atoms with E-state index < -0.39 is 17.7 Å². The fourth-order valence-electron chi connectivity index (χ4n) is 4.99. The topological polar surface area (TPSA) is 96.6 Å². The molecule has 0 bridgehead atoms. The molecule has 3 heterocycles. The number of Topliss-reactive ketones (excluding diaryl/α,β-unsaturated/α-hetero) is 1. The number of nitrogens with zero attached hydrogens (tertiary/aromatic N) is 4. The van der Waals surface area contributed by atoms with Crippen LogP contribution in [0.5, 0.6) is 11.5 Å². The molecule has 1 aromatic carbocycles. The smallest absolute Gasteiger partial charge is 0.295 e. The zero-order chi connectivity index (χ0) is 28.3. The first kappa shape index (κ1) is 28.2. The van der Waals surface area contributed by atoms with Crippen LogP contribution in [0.15, 0.2) is 42.1 Å². The summed E-state index contributed by atoms with van der Waals surface area (Å²) in [5, 5.41) is 11.6. The summed E-state index contributed by atoms with van der Waals surface area (Å²) >= 11 is 0. The second-order valence-electron chi connectivity index (χ2n) is 10.2. The van der Waals surface area contributed by atoms with E-state index in [0.717, 1.165) is 24.9 Å². The average molecular weight is 535 g/mol. The van der Waals surface area contributed by atoms with Crippen LogP contribution in [-0.4, -0.2) is 76.9 Å². The van der Waals surface area contributed by atoms with Gasteiger partial charge in [-0.2, -0.15) is 0 Å². The van der Waals surface area contributed by atoms with Crippen LogP contribution in [0.25, 0.3) is 11.4 Å². The quantitative estimate of drug-likeness (QED) is 0.167. The van der Waals surface area contributed by atoms with Crippen LogP contribution in [-0.2, 0) is 9.59 Å². The van der Waals surface area contributed by atoms with E-state index in [9.17, 15) is 14.7 Å². The number of carbonyl (C=O) groups is 2. The first-order valence-corrected chi connectivity index (χ1v) is 13.4. The fourth-order valence-corrected chi connectivity index (χ4v) is 4.99. The largest absolute Gasteiger partial charge is 0.505 e. The molecule has 2 aromatic heterocycles. The van der Waals surface area contributed by atoms with E-state index in [1.807, 2.05) is 61.6 Å². The Bertz CT molecular complexity index is 1410. The van der Waals surface area contributed by atoms with Crippen molar-refractivity contribution in [3.8, 4) is 11.5 Å². The number of fused-ring (bicyclic) bond motifs is 1. The van der Waals surface area contributed by atoms with Crippen LogP contribution in [0.4, 0.5) is 0 Å². The van der Waals surface area contributed by atoms with Gasteiger partial charge in [0.2, 0.25) is 0 Å². The number of methoxy groups -OCH3 is 1. The molecule has 1 unspecified atom stereocenters. The minimum atomic E-state index is -0.795. The molecule has 9 nitrogen and oxygen atoms in total. The summed E-state index contributed by atoms with van der Waals surface area (Å²) in [4.78, 5) is 35.1. The molecule has 4 rings (SSSR count). The third kappa shape index (κ3) is 5.49. The summed E-state index contributed by atoms with van der Waals surface area (Å²) < 4.78 is 13.4.